The topological polar surface area (TPSA) is 57.6 Å². The van der Waals surface area contributed by atoms with Crippen molar-refractivity contribution in [2.45, 2.75) is 50.6 Å². The number of carboxylic acids is 1. The van der Waals surface area contributed by atoms with Gasteiger partial charge in [-0.3, -0.25) is 4.79 Å². The van der Waals surface area contributed by atoms with Crippen LogP contribution in [0.25, 0.3) is 0 Å². The molecule has 1 heterocycles. The first-order valence-electron chi connectivity index (χ1n) is 8.03. The Morgan fingerprint density at radius 2 is 1.92 bits per heavy atom. The highest BCUT2D eigenvalue weighted by Gasteiger charge is 2.48. The van der Waals surface area contributed by atoms with E-state index in [0.717, 1.165) is 31.4 Å². The number of carboxylic acid groups (broad SMARTS) is 1. The first-order chi connectivity index (χ1) is 11.4. The van der Waals surface area contributed by atoms with Gasteiger partial charge in [-0.1, -0.05) is 18.9 Å². The molecule has 2 aliphatic rings. The highest BCUT2D eigenvalue weighted by Crippen LogP contribution is 2.40. The molecule has 1 aromatic rings. The summed E-state index contributed by atoms with van der Waals surface area (Å²) < 4.78 is 39.4. The normalized spacial score (nSPS) is 26.5. The molecule has 1 saturated heterocycles. The molecule has 1 amide bonds. The van der Waals surface area contributed by atoms with Crippen LogP contribution in [0.3, 0.4) is 0 Å². The van der Waals surface area contributed by atoms with Crippen LogP contribution in [0.4, 0.5) is 13.2 Å². The van der Waals surface area contributed by atoms with Crippen molar-refractivity contribution in [1.29, 1.82) is 0 Å². The number of likely N-dealkylation sites (tertiary alicyclic amines) is 1. The standard InChI is InChI=1S/C17H18F3NO3/c18-12-7-10(15(19)20)5-6-11(12)16(22)21-13-4-2-1-3-9(13)8-14(21)17(23)24/h5-7,9,13-15H,1-4,8H2,(H,23,24). The van der Waals surface area contributed by atoms with Gasteiger partial charge in [-0.25, -0.2) is 18.0 Å². The van der Waals surface area contributed by atoms with Gasteiger partial charge in [0.25, 0.3) is 12.3 Å². The molecule has 130 valence electrons. The Morgan fingerprint density at radius 3 is 2.54 bits per heavy atom. The summed E-state index contributed by atoms with van der Waals surface area (Å²) in [6, 6.07) is 1.46. The SMILES string of the molecule is O=C(O)C1CC2CCCCC2N1C(=O)c1ccc(C(F)F)cc1F. The van der Waals surface area contributed by atoms with E-state index in [2.05, 4.69) is 0 Å². The molecule has 4 nitrogen and oxygen atoms in total. The number of rotatable bonds is 3. The van der Waals surface area contributed by atoms with E-state index in [1.807, 2.05) is 0 Å². The molecule has 2 fully saturated rings. The Kier molecular flexibility index (Phi) is 4.51. The second-order valence-electron chi connectivity index (χ2n) is 6.45. The minimum Gasteiger partial charge on any atom is -0.480 e. The predicted octanol–water partition coefficient (Wildman–Crippen LogP) is 3.62. The summed E-state index contributed by atoms with van der Waals surface area (Å²) >= 11 is 0. The fourth-order valence-corrected chi connectivity index (χ4v) is 3.95. The summed E-state index contributed by atoms with van der Waals surface area (Å²) in [4.78, 5) is 25.5. The molecule has 1 saturated carbocycles. The van der Waals surface area contributed by atoms with Crippen molar-refractivity contribution in [3.8, 4) is 0 Å². The quantitative estimate of drug-likeness (QED) is 0.913. The summed E-state index contributed by atoms with van der Waals surface area (Å²) in [5, 5.41) is 9.43. The molecular weight excluding hydrogens is 323 g/mol. The van der Waals surface area contributed by atoms with Crippen LogP contribution in [0.15, 0.2) is 18.2 Å². The van der Waals surface area contributed by atoms with Gasteiger partial charge >= 0.3 is 5.97 Å². The molecule has 0 bridgehead atoms. The predicted molar refractivity (Wildman–Crippen MR) is 79.3 cm³/mol. The number of hydrogen-bond donors (Lipinski definition) is 1. The van der Waals surface area contributed by atoms with E-state index in [1.54, 1.807) is 0 Å². The summed E-state index contributed by atoms with van der Waals surface area (Å²) in [6.07, 6.45) is 0.964. The number of amides is 1. The number of halogens is 3. The van der Waals surface area contributed by atoms with Crippen LogP contribution in [-0.4, -0.2) is 34.0 Å². The number of benzene rings is 1. The monoisotopic (exact) mass is 341 g/mol. The molecule has 24 heavy (non-hydrogen) atoms. The molecule has 0 spiro atoms. The fraction of sp³-hybridized carbons (Fsp3) is 0.529. The smallest absolute Gasteiger partial charge is 0.326 e. The second-order valence-corrected chi connectivity index (χ2v) is 6.45. The molecule has 1 aromatic carbocycles. The lowest BCUT2D eigenvalue weighted by Crippen LogP contribution is -2.46. The zero-order valence-electron chi connectivity index (χ0n) is 12.9. The average Bonchev–Trinajstić information content (AvgIpc) is 2.93. The van der Waals surface area contributed by atoms with Gasteiger partial charge in [0.15, 0.2) is 0 Å². The number of nitrogens with zero attached hydrogens (tertiary/aromatic N) is 1. The lowest BCUT2D eigenvalue weighted by molar-refractivity contribution is -0.141. The molecular formula is C17H18F3NO3. The van der Waals surface area contributed by atoms with E-state index >= 15 is 0 Å². The molecule has 3 atom stereocenters. The van der Waals surface area contributed by atoms with Crippen LogP contribution in [0.1, 0.15) is 54.5 Å². The second kappa shape index (κ2) is 6.45. The van der Waals surface area contributed by atoms with Crippen molar-refractivity contribution < 1.29 is 27.9 Å². The Morgan fingerprint density at radius 1 is 1.21 bits per heavy atom. The zero-order valence-corrected chi connectivity index (χ0v) is 12.9. The van der Waals surface area contributed by atoms with E-state index in [0.29, 0.717) is 18.9 Å². The number of aliphatic carboxylic acids is 1. The maximum atomic E-state index is 14.1. The van der Waals surface area contributed by atoms with Crippen molar-refractivity contribution in [2.24, 2.45) is 5.92 Å². The van der Waals surface area contributed by atoms with Crippen molar-refractivity contribution in [1.82, 2.24) is 4.90 Å². The maximum absolute atomic E-state index is 14.1. The van der Waals surface area contributed by atoms with Crippen molar-refractivity contribution in [3.63, 3.8) is 0 Å². The van der Waals surface area contributed by atoms with Gasteiger partial charge in [0, 0.05) is 11.6 Å². The van der Waals surface area contributed by atoms with Crippen LogP contribution < -0.4 is 0 Å². The van der Waals surface area contributed by atoms with Crippen molar-refractivity contribution >= 4 is 11.9 Å². The van der Waals surface area contributed by atoms with E-state index in [-0.39, 0.29) is 17.5 Å². The Labute approximate surface area is 137 Å². The van der Waals surface area contributed by atoms with E-state index in [1.165, 1.54) is 4.90 Å². The fourth-order valence-electron chi connectivity index (χ4n) is 3.95. The molecule has 1 N–H and O–H groups in total. The van der Waals surface area contributed by atoms with Crippen molar-refractivity contribution in [2.75, 3.05) is 0 Å². The Hall–Kier alpha value is -2.05. The maximum Gasteiger partial charge on any atom is 0.326 e. The van der Waals surface area contributed by atoms with Gasteiger partial charge in [0.1, 0.15) is 11.9 Å². The third kappa shape index (κ3) is 2.87. The molecule has 0 aromatic heterocycles. The van der Waals surface area contributed by atoms with E-state index in [9.17, 15) is 27.9 Å². The molecule has 3 rings (SSSR count). The highest BCUT2D eigenvalue weighted by atomic mass is 19.3. The van der Waals surface area contributed by atoms with Gasteiger partial charge in [0.2, 0.25) is 0 Å². The summed E-state index contributed by atoms with van der Waals surface area (Å²) in [5.41, 5.74) is -0.854. The number of carbonyl (C=O) groups excluding carboxylic acids is 1. The number of carbonyl (C=O) groups is 2. The largest absolute Gasteiger partial charge is 0.480 e. The van der Waals surface area contributed by atoms with Crippen molar-refractivity contribution in [3.05, 3.63) is 35.1 Å². The third-order valence-corrected chi connectivity index (χ3v) is 5.08. The molecule has 1 aliphatic carbocycles. The third-order valence-electron chi connectivity index (χ3n) is 5.08. The zero-order chi connectivity index (χ0) is 17.4. The molecule has 0 radical (unpaired) electrons. The van der Waals surface area contributed by atoms with Crippen LogP contribution in [0.5, 0.6) is 0 Å². The minimum atomic E-state index is -2.83. The number of alkyl halides is 2. The first-order valence-corrected chi connectivity index (χ1v) is 8.03. The average molecular weight is 341 g/mol. The summed E-state index contributed by atoms with van der Waals surface area (Å²) in [5.74, 6) is -2.77. The number of fused-ring (bicyclic) bond motifs is 1. The summed E-state index contributed by atoms with van der Waals surface area (Å²) in [6.45, 7) is 0. The van der Waals surface area contributed by atoms with E-state index in [4.69, 9.17) is 0 Å². The van der Waals surface area contributed by atoms with Gasteiger partial charge in [0.05, 0.1) is 5.56 Å². The molecule has 3 unspecified atom stereocenters. The van der Waals surface area contributed by atoms with E-state index < -0.39 is 35.7 Å². The summed E-state index contributed by atoms with van der Waals surface area (Å²) in [7, 11) is 0. The molecule has 1 aliphatic heterocycles. The lowest BCUT2D eigenvalue weighted by Gasteiger charge is -2.33. The van der Waals surface area contributed by atoms with Gasteiger partial charge in [-0.2, -0.15) is 0 Å². The Bertz CT molecular complexity index is 664. The highest BCUT2D eigenvalue weighted by molar-refractivity contribution is 5.97. The first kappa shape index (κ1) is 16.8. The number of hydrogen-bond acceptors (Lipinski definition) is 2. The molecule has 7 heteroatoms. The van der Waals surface area contributed by atoms with Gasteiger partial charge < -0.3 is 10.0 Å². The lowest BCUT2D eigenvalue weighted by atomic mass is 9.84. The minimum absolute atomic E-state index is 0.104. The Balaban J connectivity index is 1.93. The van der Waals surface area contributed by atoms with Crippen LogP contribution in [0, 0.1) is 11.7 Å². The van der Waals surface area contributed by atoms with Crippen LogP contribution in [0.2, 0.25) is 0 Å². The van der Waals surface area contributed by atoms with Gasteiger partial charge in [-0.15, -0.1) is 0 Å². The van der Waals surface area contributed by atoms with Gasteiger partial charge in [-0.05, 0) is 37.3 Å². The van der Waals surface area contributed by atoms with Crippen LogP contribution >= 0.6 is 0 Å². The van der Waals surface area contributed by atoms with Crippen LogP contribution in [-0.2, 0) is 4.79 Å².